The van der Waals surface area contributed by atoms with Crippen molar-refractivity contribution < 1.29 is 13.2 Å². The third kappa shape index (κ3) is 4.07. The van der Waals surface area contributed by atoms with Crippen molar-refractivity contribution in [2.24, 2.45) is 0 Å². The Morgan fingerprint density at radius 3 is 2.16 bits per heavy atom. The molecule has 0 aliphatic carbocycles. The fourth-order valence-corrected chi connectivity index (χ4v) is 3.31. The lowest BCUT2D eigenvalue weighted by Crippen LogP contribution is -2.14. The molecule has 7 heteroatoms. The largest absolute Gasteiger partial charge is 0.497 e. The minimum absolute atomic E-state index is 0.159. The number of para-hydroxylation sites is 2. The Hall–Kier alpha value is -3.06. The Kier molecular flexibility index (Phi) is 4.85. The predicted octanol–water partition coefficient (Wildman–Crippen LogP) is 3.63. The predicted molar refractivity (Wildman–Crippen MR) is 97.8 cm³/mol. The van der Waals surface area contributed by atoms with Crippen molar-refractivity contribution in [1.29, 1.82) is 0 Å². The maximum absolute atomic E-state index is 12.6. The molecule has 0 aliphatic rings. The van der Waals surface area contributed by atoms with Gasteiger partial charge in [0.1, 0.15) is 5.75 Å². The van der Waals surface area contributed by atoms with Crippen LogP contribution < -0.4 is 14.8 Å². The van der Waals surface area contributed by atoms with Gasteiger partial charge in [0, 0.05) is 18.1 Å². The van der Waals surface area contributed by atoms with Gasteiger partial charge in [-0.05, 0) is 48.5 Å². The Morgan fingerprint density at radius 1 is 0.880 bits per heavy atom. The van der Waals surface area contributed by atoms with E-state index < -0.39 is 10.0 Å². The number of ether oxygens (including phenoxy) is 1. The lowest BCUT2D eigenvalue weighted by molar-refractivity contribution is 0.414. The molecule has 6 nitrogen and oxygen atoms in total. The van der Waals surface area contributed by atoms with E-state index in [0.29, 0.717) is 17.1 Å². The molecule has 0 radical (unpaired) electrons. The number of anilines is 3. The molecular weight excluding hydrogens is 338 g/mol. The molecule has 1 aromatic heterocycles. The zero-order chi connectivity index (χ0) is 17.7. The molecule has 0 unspecified atom stereocenters. The van der Waals surface area contributed by atoms with Crippen LogP contribution in [0.3, 0.4) is 0 Å². The molecule has 1 heterocycles. The summed E-state index contributed by atoms with van der Waals surface area (Å²) in [6, 6.07) is 16.9. The second-order valence-corrected chi connectivity index (χ2v) is 6.87. The molecule has 2 aromatic carbocycles. The number of aromatic nitrogens is 1. The van der Waals surface area contributed by atoms with E-state index in [1.165, 1.54) is 19.2 Å². The van der Waals surface area contributed by atoms with Crippen LogP contribution in [0.15, 0.2) is 78.0 Å². The number of hydrogen-bond acceptors (Lipinski definition) is 5. The maximum Gasteiger partial charge on any atom is 0.261 e. The first-order chi connectivity index (χ1) is 12.1. The number of methoxy groups -OCH3 is 1. The number of rotatable bonds is 6. The smallest absolute Gasteiger partial charge is 0.261 e. The normalized spacial score (nSPS) is 10.9. The van der Waals surface area contributed by atoms with Crippen molar-refractivity contribution >= 4 is 27.1 Å². The van der Waals surface area contributed by atoms with Crippen LogP contribution in [0.2, 0.25) is 0 Å². The third-order valence-electron chi connectivity index (χ3n) is 3.50. The zero-order valence-corrected chi connectivity index (χ0v) is 14.3. The molecule has 0 amide bonds. The van der Waals surface area contributed by atoms with Crippen molar-refractivity contribution in [3.63, 3.8) is 0 Å². The quantitative estimate of drug-likeness (QED) is 0.706. The van der Waals surface area contributed by atoms with E-state index >= 15 is 0 Å². The van der Waals surface area contributed by atoms with E-state index in [0.717, 1.165) is 5.69 Å². The molecule has 0 spiro atoms. The van der Waals surface area contributed by atoms with Crippen LogP contribution in [-0.2, 0) is 10.0 Å². The molecule has 25 heavy (non-hydrogen) atoms. The highest BCUT2D eigenvalue weighted by Crippen LogP contribution is 2.27. The number of pyridine rings is 1. The highest BCUT2D eigenvalue weighted by atomic mass is 32.2. The van der Waals surface area contributed by atoms with Crippen molar-refractivity contribution in [1.82, 2.24) is 4.98 Å². The van der Waals surface area contributed by atoms with Gasteiger partial charge in [0.25, 0.3) is 10.0 Å². The average molecular weight is 355 g/mol. The van der Waals surface area contributed by atoms with Crippen LogP contribution in [0.4, 0.5) is 17.1 Å². The summed E-state index contributed by atoms with van der Waals surface area (Å²) >= 11 is 0. The molecule has 3 aromatic rings. The molecule has 0 fully saturated rings. The van der Waals surface area contributed by atoms with Gasteiger partial charge in [0.15, 0.2) is 0 Å². The molecule has 0 atom stereocenters. The Balaban J connectivity index is 1.86. The van der Waals surface area contributed by atoms with Crippen LogP contribution in [-0.4, -0.2) is 20.5 Å². The van der Waals surface area contributed by atoms with E-state index in [4.69, 9.17) is 4.74 Å². The molecule has 3 rings (SSSR count). The van der Waals surface area contributed by atoms with Gasteiger partial charge in [-0.3, -0.25) is 9.71 Å². The van der Waals surface area contributed by atoms with Gasteiger partial charge in [-0.2, -0.15) is 0 Å². The van der Waals surface area contributed by atoms with E-state index in [9.17, 15) is 8.42 Å². The minimum Gasteiger partial charge on any atom is -0.497 e. The van der Waals surface area contributed by atoms with Crippen LogP contribution in [0, 0.1) is 0 Å². The number of benzene rings is 2. The Morgan fingerprint density at radius 2 is 1.52 bits per heavy atom. The summed E-state index contributed by atoms with van der Waals surface area (Å²) in [5.74, 6) is 0.596. The zero-order valence-electron chi connectivity index (χ0n) is 13.5. The minimum atomic E-state index is -3.71. The van der Waals surface area contributed by atoms with Crippen LogP contribution in [0.25, 0.3) is 0 Å². The van der Waals surface area contributed by atoms with Crippen molar-refractivity contribution in [3.8, 4) is 5.75 Å². The topological polar surface area (TPSA) is 80.3 Å². The van der Waals surface area contributed by atoms with Crippen molar-refractivity contribution in [3.05, 3.63) is 73.1 Å². The molecule has 2 N–H and O–H groups in total. The highest BCUT2D eigenvalue weighted by molar-refractivity contribution is 7.92. The lowest BCUT2D eigenvalue weighted by atomic mass is 10.2. The van der Waals surface area contributed by atoms with Gasteiger partial charge < -0.3 is 10.1 Å². The van der Waals surface area contributed by atoms with Gasteiger partial charge in [-0.15, -0.1) is 0 Å². The van der Waals surface area contributed by atoms with E-state index in [2.05, 4.69) is 15.0 Å². The van der Waals surface area contributed by atoms with Crippen molar-refractivity contribution in [2.45, 2.75) is 4.90 Å². The molecular formula is C18H17N3O3S. The summed E-state index contributed by atoms with van der Waals surface area (Å²) in [4.78, 5) is 4.12. The Labute approximate surface area is 146 Å². The number of nitrogens with zero attached hydrogens (tertiary/aromatic N) is 1. The molecule has 0 aliphatic heterocycles. The molecule has 128 valence electrons. The first-order valence-corrected chi connectivity index (χ1v) is 9.00. The monoisotopic (exact) mass is 355 g/mol. The lowest BCUT2D eigenvalue weighted by Gasteiger charge is -2.14. The molecule has 0 saturated carbocycles. The summed E-state index contributed by atoms with van der Waals surface area (Å²) in [6.45, 7) is 0. The first-order valence-electron chi connectivity index (χ1n) is 7.51. The van der Waals surface area contributed by atoms with Crippen LogP contribution >= 0.6 is 0 Å². The molecule has 0 bridgehead atoms. The van der Waals surface area contributed by atoms with E-state index in [1.54, 1.807) is 54.9 Å². The molecule has 0 saturated heterocycles. The fraction of sp³-hybridized carbons (Fsp3) is 0.0556. The number of sulfonamides is 1. The van der Waals surface area contributed by atoms with Gasteiger partial charge in [0.2, 0.25) is 0 Å². The van der Waals surface area contributed by atoms with Gasteiger partial charge in [-0.1, -0.05) is 12.1 Å². The standard InChI is InChI=1S/C18H17N3O3S/c1-24-15-6-8-16(9-7-15)25(22,23)21-18-5-3-2-4-17(18)20-14-10-12-19-13-11-14/h2-13,21H,1H3,(H,19,20). The third-order valence-corrected chi connectivity index (χ3v) is 4.88. The summed E-state index contributed by atoms with van der Waals surface area (Å²) in [5, 5.41) is 3.18. The van der Waals surface area contributed by atoms with Crippen molar-refractivity contribution in [2.75, 3.05) is 17.1 Å². The summed E-state index contributed by atoms with van der Waals surface area (Å²) in [6.07, 6.45) is 3.32. The van der Waals surface area contributed by atoms with Gasteiger partial charge >= 0.3 is 0 Å². The highest BCUT2D eigenvalue weighted by Gasteiger charge is 2.16. The fourth-order valence-electron chi connectivity index (χ4n) is 2.23. The maximum atomic E-state index is 12.6. The second kappa shape index (κ2) is 7.23. The van der Waals surface area contributed by atoms with E-state index in [-0.39, 0.29) is 4.90 Å². The summed E-state index contributed by atoms with van der Waals surface area (Å²) < 4.78 is 32.9. The van der Waals surface area contributed by atoms with Crippen LogP contribution in [0.5, 0.6) is 5.75 Å². The average Bonchev–Trinajstić information content (AvgIpc) is 2.64. The first kappa shape index (κ1) is 16.8. The van der Waals surface area contributed by atoms with Crippen LogP contribution in [0.1, 0.15) is 0 Å². The number of nitrogens with one attached hydrogen (secondary N) is 2. The Bertz CT molecular complexity index is 943. The van der Waals surface area contributed by atoms with Gasteiger partial charge in [-0.25, -0.2) is 8.42 Å². The summed E-state index contributed by atoms with van der Waals surface area (Å²) in [7, 11) is -2.18. The van der Waals surface area contributed by atoms with Gasteiger partial charge in [0.05, 0.1) is 23.4 Å². The number of hydrogen-bond donors (Lipinski definition) is 2. The SMILES string of the molecule is COc1ccc(S(=O)(=O)Nc2ccccc2Nc2ccncc2)cc1. The summed E-state index contributed by atoms with van der Waals surface area (Å²) in [5.41, 5.74) is 1.91. The second-order valence-electron chi connectivity index (χ2n) is 5.19. The van der Waals surface area contributed by atoms with E-state index in [1.807, 2.05) is 6.07 Å².